The fourth-order valence-corrected chi connectivity index (χ4v) is 6.78. The first-order valence-corrected chi connectivity index (χ1v) is 11.0. The van der Waals surface area contributed by atoms with Crippen LogP contribution >= 0.6 is 11.8 Å². The standard InChI is InChI=1S/C20H27N3O2S/c24-18(16-9-21-19(22-10-16)26-11-12-2-1-3-12)23-17-14-4-13-5-15(17)8-20(25,6-13)7-14/h9-10,12-15,17,25H,1-8,11H2,(H,23,24). The molecule has 0 spiro atoms. The molecule has 2 atom stereocenters. The lowest BCUT2D eigenvalue weighted by Gasteiger charge is -2.58. The molecular formula is C20H27N3O2S. The zero-order chi connectivity index (χ0) is 17.7. The molecule has 1 aromatic heterocycles. The Labute approximate surface area is 158 Å². The molecule has 5 aliphatic carbocycles. The highest BCUT2D eigenvalue weighted by molar-refractivity contribution is 7.99. The molecule has 6 rings (SSSR count). The maximum absolute atomic E-state index is 12.7. The van der Waals surface area contributed by atoms with E-state index < -0.39 is 5.60 Å². The normalized spacial score (nSPS) is 38.2. The van der Waals surface area contributed by atoms with Gasteiger partial charge in [0, 0.05) is 24.2 Å². The van der Waals surface area contributed by atoms with Crippen LogP contribution in [0.1, 0.15) is 61.7 Å². The Morgan fingerprint density at radius 1 is 1.19 bits per heavy atom. The van der Waals surface area contributed by atoms with Crippen LogP contribution in [0.2, 0.25) is 0 Å². The number of rotatable bonds is 5. The van der Waals surface area contributed by atoms with E-state index in [2.05, 4.69) is 15.3 Å². The fourth-order valence-electron chi connectivity index (χ4n) is 5.81. The van der Waals surface area contributed by atoms with Gasteiger partial charge in [-0.25, -0.2) is 9.97 Å². The second-order valence-corrected chi connectivity index (χ2v) is 10.0. The third kappa shape index (κ3) is 3.15. The SMILES string of the molecule is O=C(NC1C2CC3CC1CC(O)(C3)C2)c1cnc(SCC2CCC2)nc1. The maximum atomic E-state index is 12.7. The Morgan fingerprint density at radius 2 is 1.88 bits per heavy atom. The highest BCUT2D eigenvalue weighted by atomic mass is 32.2. The third-order valence-corrected chi connectivity index (χ3v) is 8.21. The molecule has 5 fully saturated rings. The van der Waals surface area contributed by atoms with Crippen molar-refractivity contribution in [1.29, 1.82) is 0 Å². The minimum absolute atomic E-state index is 0.0648. The quantitative estimate of drug-likeness (QED) is 0.613. The largest absolute Gasteiger partial charge is 0.390 e. The molecule has 0 aromatic carbocycles. The van der Waals surface area contributed by atoms with Gasteiger partial charge in [0.2, 0.25) is 0 Å². The number of carbonyl (C=O) groups excluding carboxylic acids is 1. The zero-order valence-corrected chi connectivity index (χ0v) is 15.9. The van der Waals surface area contributed by atoms with E-state index >= 15 is 0 Å². The van der Waals surface area contributed by atoms with Crippen molar-refractivity contribution >= 4 is 17.7 Å². The minimum Gasteiger partial charge on any atom is -0.390 e. The van der Waals surface area contributed by atoms with Gasteiger partial charge in [-0.05, 0) is 68.6 Å². The third-order valence-electron chi connectivity index (χ3n) is 7.10. The summed E-state index contributed by atoms with van der Waals surface area (Å²) in [6, 6.07) is 0.201. The first-order valence-electron chi connectivity index (χ1n) is 10.1. The highest BCUT2D eigenvalue weighted by Gasteiger charge is 2.55. The fraction of sp³-hybridized carbons (Fsp3) is 0.750. The lowest BCUT2D eigenvalue weighted by Crippen LogP contribution is -2.61. The van der Waals surface area contributed by atoms with Crippen LogP contribution in [0, 0.1) is 23.7 Å². The molecule has 1 heterocycles. The molecule has 2 unspecified atom stereocenters. The molecule has 5 aliphatic rings. The van der Waals surface area contributed by atoms with Crippen LogP contribution in [-0.2, 0) is 0 Å². The molecule has 0 radical (unpaired) electrons. The van der Waals surface area contributed by atoms with E-state index in [0.29, 0.717) is 23.3 Å². The van der Waals surface area contributed by atoms with Crippen molar-refractivity contribution in [2.45, 2.75) is 68.2 Å². The van der Waals surface area contributed by atoms with Crippen LogP contribution in [0.4, 0.5) is 0 Å². The molecule has 1 aromatic rings. The second-order valence-electron chi connectivity index (χ2n) is 9.06. The predicted octanol–water partition coefficient (Wildman–Crippen LogP) is 3.04. The second kappa shape index (κ2) is 6.48. The lowest BCUT2D eigenvalue weighted by molar-refractivity contribution is -0.136. The number of nitrogens with one attached hydrogen (secondary N) is 1. The summed E-state index contributed by atoms with van der Waals surface area (Å²) in [4.78, 5) is 21.4. The smallest absolute Gasteiger partial charge is 0.254 e. The molecule has 6 heteroatoms. The summed E-state index contributed by atoms with van der Waals surface area (Å²) in [5.41, 5.74) is 0.0886. The molecule has 26 heavy (non-hydrogen) atoms. The number of aliphatic hydroxyl groups is 1. The first-order chi connectivity index (χ1) is 12.6. The predicted molar refractivity (Wildman–Crippen MR) is 99.9 cm³/mol. The molecule has 5 nitrogen and oxygen atoms in total. The van der Waals surface area contributed by atoms with Crippen molar-refractivity contribution in [3.05, 3.63) is 18.0 Å². The van der Waals surface area contributed by atoms with Gasteiger partial charge in [-0.3, -0.25) is 4.79 Å². The van der Waals surface area contributed by atoms with Gasteiger partial charge < -0.3 is 10.4 Å². The zero-order valence-electron chi connectivity index (χ0n) is 15.1. The van der Waals surface area contributed by atoms with E-state index in [4.69, 9.17) is 0 Å². The van der Waals surface area contributed by atoms with Gasteiger partial charge in [0.25, 0.3) is 5.91 Å². The van der Waals surface area contributed by atoms with E-state index in [0.717, 1.165) is 48.9 Å². The Kier molecular flexibility index (Phi) is 4.24. The maximum Gasteiger partial charge on any atom is 0.254 e. The summed E-state index contributed by atoms with van der Waals surface area (Å²) in [6.45, 7) is 0. The number of hydrogen-bond acceptors (Lipinski definition) is 5. The van der Waals surface area contributed by atoms with Crippen molar-refractivity contribution in [2.75, 3.05) is 5.75 Å². The van der Waals surface area contributed by atoms with Crippen molar-refractivity contribution in [3.8, 4) is 0 Å². The number of nitrogens with zero attached hydrogens (tertiary/aromatic N) is 2. The Balaban J connectivity index is 1.20. The monoisotopic (exact) mass is 373 g/mol. The van der Waals surface area contributed by atoms with E-state index in [1.165, 1.54) is 19.3 Å². The minimum atomic E-state index is -0.458. The van der Waals surface area contributed by atoms with Crippen LogP contribution in [-0.4, -0.2) is 38.4 Å². The van der Waals surface area contributed by atoms with E-state index in [-0.39, 0.29) is 11.9 Å². The van der Waals surface area contributed by atoms with Gasteiger partial charge in [0.05, 0.1) is 11.2 Å². The number of hydrogen-bond donors (Lipinski definition) is 2. The van der Waals surface area contributed by atoms with Gasteiger partial charge >= 0.3 is 0 Å². The molecule has 0 aliphatic heterocycles. The lowest BCUT2D eigenvalue weighted by atomic mass is 9.52. The summed E-state index contributed by atoms with van der Waals surface area (Å²) >= 11 is 1.70. The van der Waals surface area contributed by atoms with Crippen LogP contribution in [0.3, 0.4) is 0 Å². The Morgan fingerprint density at radius 3 is 2.46 bits per heavy atom. The van der Waals surface area contributed by atoms with Crippen LogP contribution in [0.25, 0.3) is 0 Å². The Hall–Kier alpha value is -1.14. The van der Waals surface area contributed by atoms with Gasteiger partial charge in [0.1, 0.15) is 0 Å². The topological polar surface area (TPSA) is 75.1 Å². The van der Waals surface area contributed by atoms with Gasteiger partial charge in [0.15, 0.2) is 5.16 Å². The summed E-state index contributed by atoms with van der Waals surface area (Å²) in [5, 5.41) is 14.7. The Bertz CT molecular complexity index is 675. The highest BCUT2D eigenvalue weighted by Crippen LogP contribution is 2.55. The molecular weight excluding hydrogens is 346 g/mol. The number of aromatic nitrogens is 2. The first kappa shape index (κ1) is 17.0. The van der Waals surface area contributed by atoms with Crippen LogP contribution < -0.4 is 5.32 Å². The van der Waals surface area contributed by atoms with Gasteiger partial charge in [-0.2, -0.15) is 0 Å². The molecule has 140 valence electrons. The molecule has 1 amide bonds. The van der Waals surface area contributed by atoms with Crippen LogP contribution in [0.15, 0.2) is 17.6 Å². The summed E-state index contributed by atoms with van der Waals surface area (Å²) in [6.07, 6.45) is 12.3. The summed E-state index contributed by atoms with van der Waals surface area (Å²) in [7, 11) is 0. The van der Waals surface area contributed by atoms with Crippen molar-refractivity contribution in [2.24, 2.45) is 23.7 Å². The van der Waals surface area contributed by atoms with E-state index in [1.54, 1.807) is 24.2 Å². The molecule has 5 saturated carbocycles. The van der Waals surface area contributed by atoms with Crippen molar-refractivity contribution in [3.63, 3.8) is 0 Å². The summed E-state index contributed by atoms with van der Waals surface area (Å²) < 4.78 is 0. The number of amides is 1. The molecule has 4 bridgehead atoms. The van der Waals surface area contributed by atoms with E-state index in [1.807, 2.05) is 0 Å². The molecule has 0 saturated heterocycles. The van der Waals surface area contributed by atoms with Crippen LogP contribution in [0.5, 0.6) is 0 Å². The van der Waals surface area contributed by atoms with Crippen molar-refractivity contribution in [1.82, 2.24) is 15.3 Å². The average molecular weight is 374 g/mol. The van der Waals surface area contributed by atoms with Gasteiger partial charge in [-0.15, -0.1) is 0 Å². The van der Waals surface area contributed by atoms with Crippen molar-refractivity contribution < 1.29 is 9.90 Å². The summed E-state index contributed by atoms with van der Waals surface area (Å²) in [5.74, 6) is 3.34. The number of thioether (sulfide) groups is 1. The average Bonchev–Trinajstić information content (AvgIpc) is 2.56. The molecule has 2 N–H and O–H groups in total. The van der Waals surface area contributed by atoms with Gasteiger partial charge in [-0.1, -0.05) is 18.2 Å². The van der Waals surface area contributed by atoms with E-state index in [9.17, 15) is 9.90 Å². The number of carbonyl (C=O) groups is 1.